The fourth-order valence-electron chi connectivity index (χ4n) is 3.89. The molecule has 1 fully saturated rings. The monoisotopic (exact) mass is 501 g/mol. The summed E-state index contributed by atoms with van der Waals surface area (Å²) in [6, 6.07) is 9.79. The van der Waals surface area contributed by atoms with E-state index < -0.39 is 35.1 Å². The lowest BCUT2D eigenvalue weighted by molar-refractivity contribution is -0.132. The van der Waals surface area contributed by atoms with Crippen LogP contribution in [0.4, 0.5) is 14.5 Å². The highest BCUT2D eigenvalue weighted by Gasteiger charge is 2.47. The Labute approximate surface area is 203 Å². The predicted octanol–water partition coefficient (Wildman–Crippen LogP) is 4.97. The van der Waals surface area contributed by atoms with Crippen LogP contribution in [0.25, 0.3) is 5.76 Å². The number of phenolic OH excluding ortho intramolecular Hbond substituents is 1. The van der Waals surface area contributed by atoms with E-state index in [0.29, 0.717) is 0 Å². The van der Waals surface area contributed by atoms with Gasteiger partial charge < -0.3 is 19.7 Å². The zero-order valence-electron chi connectivity index (χ0n) is 18.4. The van der Waals surface area contributed by atoms with Gasteiger partial charge in [0.2, 0.25) is 0 Å². The highest BCUT2D eigenvalue weighted by atomic mass is 35.5. The van der Waals surface area contributed by atoms with Crippen LogP contribution in [0.5, 0.6) is 17.2 Å². The molecule has 3 aromatic rings. The molecular weight excluding hydrogens is 484 g/mol. The van der Waals surface area contributed by atoms with Gasteiger partial charge in [0.25, 0.3) is 11.7 Å². The molecule has 35 heavy (non-hydrogen) atoms. The van der Waals surface area contributed by atoms with Gasteiger partial charge in [-0.2, -0.15) is 0 Å². The number of amides is 1. The third-order valence-corrected chi connectivity index (χ3v) is 5.88. The van der Waals surface area contributed by atoms with E-state index in [1.54, 1.807) is 0 Å². The van der Waals surface area contributed by atoms with Crippen molar-refractivity contribution < 1.29 is 38.1 Å². The number of nitrogens with zero attached hydrogens (tertiary/aromatic N) is 1. The second-order valence-electron chi connectivity index (χ2n) is 7.55. The number of hydrogen-bond acceptors (Lipinski definition) is 6. The van der Waals surface area contributed by atoms with Gasteiger partial charge in [0.05, 0.1) is 30.9 Å². The number of methoxy groups -OCH3 is 2. The van der Waals surface area contributed by atoms with Gasteiger partial charge in [0.1, 0.15) is 11.5 Å². The number of carbonyl (C=O) groups is 2. The number of hydrogen-bond donors (Lipinski definition) is 2. The van der Waals surface area contributed by atoms with E-state index >= 15 is 0 Å². The molecule has 0 bridgehead atoms. The van der Waals surface area contributed by atoms with Crippen molar-refractivity contribution in [3.63, 3.8) is 0 Å². The van der Waals surface area contributed by atoms with Crippen LogP contribution in [-0.2, 0) is 9.59 Å². The lowest BCUT2D eigenvalue weighted by Gasteiger charge is -2.26. The van der Waals surface area contributed by atoms with E-state index in [1.165, 1.54) is 50.6 Å². The van der Waals surface area contributed by atoms with Crippen LogP contribution >= 0.6 is 11.6 Å². The van der Waals surface area contributed by atoms with Crippen molar-refractivity contribution in [2.45, 2.75) is 6.04 Å². The first-order chi connectivity index (χ1) is 16.7. The van der Waals surface area contributed by atoms with Gasteiger partial charge in [-0.3, -0.25) is 14.5 Å². The minimum Gasteiger partial charge on any atom is -0.507 e. The maximum absolute atomic E-state index is 14.0. The maximum atomic E-state index is 14.0. The molecule has 1 unspecified atom stereocenters. The Hall–Kier alpha value is -4.11. The SMILES string of the molecule is COc1ccc(C2/C(=C(\O)c3ccc(Cl)c(OC)c3)C(=O)C(=O)N2c2ccc(F)c(F)c2)cc1O. The first kappa shape index (κ1) is 24.0. The van der Waals surface area contributed by atoms with Crippen molar-refractivity contribution in [3.8, 4) is 17.2 Å². The van der Waals surface area contributed by atoms with Gasteiger partial charge in [-0.1, -0.05) is 17.7 Å². The Balaban J connectivity index is 1.98. The average molecular weight is 502 g/mol. The fraction of sp³-hybridized carbons (Fsp3) is 0.120. The van der Waals surface area contributed by atoms with Crippen LogP contribution in [0.3, 0.4) is 0 Å². The van der Waals surface area contributed by atoms with E-state index in [4.69, 9.17) is 21.1 Å². The van der Waals surface area contributed by atoms with Crippen molar-refractivity contribution in [2.24, 2.45) is 0 Å². The van der Waals surface area contributed by atoms with E-state index in [0.717, 1.165) is 23.1 Å². The van der Waals surface area contributed by atoms with Crippen molar-refractivity contribution in [1.82, 2.24) is 0 Å². The zero-order chi connectivity index (χ0) is 25.4. The molecule has 7 nitrogen and oxygen atoms in total. The summed E-state index contributed by atoms with van der Waals surface area (Å²) < 4.78 is 37.8. The molecule has 0 spiro atoms. The van der Waals surface area contributed by atoms with E-state index in [9.17, 15) is 28.6 Å². The summed E-state index contributed by atoms with van der Waals surface area (Å²) in [5.74, 6) is -5.04. The zero-order valence-corrected chi connectivity index (χ0v) is 19.1. The van der Waals surface area contributed by atoms with Crippen LogP contribution in [0.15, 0.2) is 60.2 Å². The first-order valence-corrected chi connectivity index (χ1v) is 10.5. The Kier molecular flexibility index (Phi) is 6.36. The lowest BCUT2D eigenvalue weighted by Crippen LogP contribution is -2.29. The van der Waals surface area contributed by atoms with E-state index in [1.807, 2.05) is 0 Å². The van der Waals surface area contributed by atoms with Gasteiger partial charge in [-0.05, 0) is 48.0 Å². The average Bonchev–Trinajstić information content (AvgIpc) is 3.11. The molecule has 2 N–H and O–H groups in total. The lowest BCUT2D eigenvalue weighted by atomic mass is 9.94. The van der Waals surface area contributed by atoms with Crippen LogP contribution in [0.2, 0.25) is 5.02 Å². The van der Waals surface area contributed by atoms with E-state index in [2.05, 4.69) is 0 Å². The number of rotatable bonds is 5. The van der Waals surface area contributed by atoms with Crippen molar-refractivity contribution in [3.05, 3.63) is 88.0 Å². The van der Waals surface area contributed by atoms with Gasteiger partial charge in [0, 0.05) is 17.3 Å². The van der Waals surface area contributed by atoms with Gasteiger partial charge >= 0.3 is 0 Å². The van der Waals surface area contributed by atoms with Gasteiger partial charge in [0.15, 0.2) is 23.1 Å². The second-order valence-corrected chi connectivity index (χ2v) is 7.96. The van der Waals surface area contributed by atoms with Gasteiger partial charge in [-0.15, -0.1) is 0 Å². The summed E-state index contributed by atoms with van der Waals surface area (Å²) in [7, 11) is 2.71. The smallest absolute Gasteiger partial charge is 0.300 e. The summed E-state index contributed by atoms with van der Waals surface area (Å²) in [5, 5.41) is 21.7. The number of benzene rings is 3. The highest BCUT2D eigenvalue weighted by molar-refractivity contribution is 6.51. The molecule has 0 aliphatic carbocycles. The van der Waals surface area contributed by atoms with Crippen LogP contribution in [0, 0.1) is 11.6 Å². The normalized spacial score (nSPS) is 17.1. The van der Waals surface area contributed by atoms with Crippen molar-refractivity contribution >= 4 is 34.7 Å². The quantitative estimate of drug-likeness (QED) is 0.291. The number of ether oxygens (including phenoxy) is 2. The van der Waals surface area contributed by atoms with Crippen LogP contribution in [-0.4, -0.2) is 36.1 Å². The third-order valence-electron chi connectivity index (χ3n) is 5.57. The Bertz CT molecular complexity index is 1390. The topological polar surface area (TPSA) is 96.3 Å². The van der Waals surface area contributed by atoms with Crippen LogP contribution < -0.4 is 14.4 Å². The van der Waals surface area contributed by atoms with Crippen molar-refractivity contribution in [2.75, 3.05) is 19.1 Å². The number of anilines is 1. The van der Waals surface area contributed by atoms with Crippen LogP contribution in [0.1, 0.15) is 17.2 Å². The molecule has 0 radical (unpaired) electrons. The molecule has 10 heteroatoms. The van der Waals surface area contributed by atoms with E-state index in [-0.39, 0.29) is 44.7 Å². The molecule has 1 heterocycles. The Morgan fingerprint density at radius 1 is 0.943 bits per heavy atom. The minimum atomic E-state index is -1.29. The summed E-state index contributed by atoms with van der Waals surface area (Å²) in [4.78, 5) is 27.2. The second kappa shape index (κ2) is 9.27. The molecule has 4 rings (SSSR count). The fourth-order valence-corrected chi connectivity index (χ4v) is 4.08. The number of aromatic hydroxyl groups is 1. The molecular formula is C25H18ClF2NO6. The predicted molar refractivity (Wildman–Crippen MR) is 124 cm³/mol. The molecule has 1 atom stereocenters. The molecule has 1 aliphatic heterocycles. The number of ketones is 1. The molecule has 0 saturated carbocycles. The molecule has 1 aliphatic rings. The molecule has 1 saturated heterocycles. The number of carbonyl (C=O) groups excluding carboxylic acids is 2. The maximum Gasteiger partial charge on any atom is 0.300 e. The number of aliphatic hydroxyl groups is 1. The Morgan fingerprint density at radius 3 is 2.29 bits per heavy atom. The summed E-state index contributed by atoms with van der Waals surface area (Å²) >= 11 is 6.06. The summed E-state index contributed by atoms with van der Waals surface area (Å²) in [6.07, 6.45) is 0. The number of halogens is 3. The van der Waals surface area contributed by atoms with Gasteiger partial charge in [-0.25, -0.2) is 8.78 Å². The number of Topliss-reactive ketones (excluding diaryl/α,β-unsaturated/α-hetero) is 1. The summed E-state index contributed by atoms with van der Waals surface area (Å²) in [5.41, 5.74) is -0.139. The summed E-state index contributed by atoms with van der Waals surface area (Å²) in [6.45, 7) is 0. The molecule has 180 valence electrons. The molecule has 0 aromatic heterocycles. The first-order valence-electron chi connectivity index (χ1n) is 10.1. The van der Waals surface area contributed by atoms with Crippen molar-refractivity contribution in [1.29, 1.82) is 0 Å². The number of aliphatic hydroxyl groups excluding tert-OH is 1. The molecule has 3 aromatic carbocycles. The number of phenols is 1. The molecule has 1 amide bonds. The Morgan fingerprint density at radius 2 is 1.66 bits per heavy atom. The highest BCUT2D eigenvalue weighted by Crippen LogP contribution is 2.44. The largest absolute Gasteiger partial charge is 0.507 e. The third kappa shape index (κ3) is 4.15. The minimum absolute atomic E-state index is 0.122. The standard InChI is InChI=1S/C25H18ClF2NO6/c1-34-19-8-4-12(9-18(19)30)22-21(23(31)13-3-6-15(26)20(10-13)35-2)24(32)25(33)29(22)14-5-7-16(27)17(28)11-14/h3-11,22,30-31H,1-2H3/b23-21+.